The summed E-state index contributed by atoms with van der Waals surface area (Å²) in [7, 11) is 0. The molecule has 0 saturated heterocycles. The Morgan fingerprint density at radius 3 is 2.07 bits per heavy atom. The van der Waals surface area contributed by atoms with Gasteiger partial charge in [0, 0.05) is 23.0 Å². The second kappa shape index (κ2) is 9.75. The van der Waals surface area contributed by atoms with Gasteiger partial charge in [0.25, 0.3) is 0 Å². The summed E-state index contributed by atoms with van der Waals surface area (Å²) in [5, 5.41) is 5.54. The minimum absolute atomic E-state index is 0.0443. The standard InChI is InChI=1S/C21H24N4O5/c1-2-25(12-19(26)23-15-5-3-14(4-6-15)21(22)28)13-20(27)24-16-7-8-17-18(11-16)30-10-9-29-17/h3-8,11H,2,9-10,12-13H2,1H3,(H2,22,28)(H,23,26)(H,24,27). The van der Waals surface area contributed by atoms with Gasteiger partial charge in [-0.15, -0.1) is 0 Å². The summed E-state index contributed by atoms with van der Waals surface area (Å²) in [6.45, 7) is 3.45. The molecule has 3 amide bonds. The zero-order valence-corrected chi connectivity index (χ0v) is 16.6. The van der Waals surface area contributed by atoms with E-state index in [1.807, 2.05) is 6.92 Å². The normalized spacial score (nSPS) is 12.3. The van der Waals surface area contributed by atoms with Gasteiger partial charge < -0.3 is 25.8 Å². The molecule has 0 aromatic heterocycles. The second-order valence-electron chi connectivity index (χ2n) is 6.70. The van der Waals surface area contributed by atoms with Crippen LogP contribution in [0.4, 0.5) is 11.4 Å². The Morgan fingerprint density at radius 1 is 0.900 bits per heavy atom. The van der Waals surface area contributed by atoms with Crippen LogP contribution in [0.3, 0.4) is 0 Å². The molecule has 2 aromatic carbocycles. The van der Waals surface area contributed by atoms with Crippen LogP contribution in [-0.4, -0.2) is 55.5 Å². The fourth-order valence-electron chi connectivity index (χ4n) is 2.93. The number of ether oxygens (including phenoxy) is 2. The predicted molar refractivity (Wildman–Crippen MR) is 112 cm³/mol. The first-order valence-electron chi connectivity index (χ1n) is 9.56. The van der Waals surface area contributed by atoms with Crippen LogP contribution in [0.5, 0.6) is 11.5 Å². The molecule has 0 bridgehead atoms. The number of benzene rings is 2. The number of nitrogens with one attached hydrogen (secondary N) is 2. The van der Waals surface area contributed by atoms with Gasteiger partial charge in [-0.05, 0) is 42.9 Å². The molecule has 0 atom stereocenters. The lowest BCUT2D eigenvalue weighted by atomic mass is 10.2. The Hall–Kier alpha value is -3.59. The molecule has 0 saturated carbocycles. The van der Waals surface area contributed by atoms with Crippen molar-refractivity contribution in [3.63, 3.8) is 0 Å². The SMILES string of the molecule is CCN(CC(=O)Nc1ccc(C(N)=O)cc1)CC(=O)Nc1ccc2c(c1)OCCO2. The molecule has 0 unspecified atom stereocenters. The molecule has 30 heavy (non-hydrogen) atoms. The number of nitrogens with two attached hydrogens (primary N) is 1. The summed E-state index contributed by atoms with van der Waals surface area (Å²) in [4.78, 5) is 37.5. The molecule has 0 radical (unpaired) electrons. The first-order valence-corrected chi connectivity index (χ1v) is 9.56. The monoisotopic (exact) mass is 412 g/mol. The molecule has 4 N–H and O–H groups in total. The van der Waals surface area contributed by atoms with Crippen molar-refractivity contribution in [2.75, 3.05) is 43.5 Å². The minimum atomic E-state index is -0.533. The number of amides is 3. The van der Waals surface area contributed by atoms with E-state index in [1.54, 1.807) is 35.2 Å². The fourth-order valence-corrected chi connectivity index (χ4v) is 2.93. The molecule has 0 aliphatic carbocycles. The predicted octanol–water partition coefficient (Wildman–Crippen LogP) is 1.46. The van der Waals surface area contributed by atoms with Gasteiger partial charge in [0.05, 0.1) is 13.1 Å². The average molecular weight is 412 g/mol. The maximum atomic E-state index is 12.4. The average Bonchev–Trinajstić information content (AvgIpc) is 2.73. The molecule has 1 aliphatic heterocycles. The molecular formula is C21H24N4O5. The number of hydrogen-bond acceptors (Lipinski definition) is 6. The zero-order chi connectivity index (χ0) is 21.5. The van der Waals surface area contributed by atoms with Gasteiger partial charge in [-0.2, -0.15) is 0 Å². The van der Waals surface area contributed by atoms with E-state index in [-0.39, 0.29) is 24.9 Å². The molecule has 2 aromatic rings. The third kappa shape index (κ3) is 5.71. The highest BCUT2D eigenvalue weighted by Gasteiger charge is 2.16. The van der Waals surface area contributed by atoms with E-state index in [0.29, 0.717) is 48.2 Å². The van der Waals surface area contributed by atoms with Crippen molar-refractivity contribution < 1.29 is 23.9 Å². The summed E-state index contributed by atoms with van der Waals surface area (Å²) in [6, 6.07) is 11.5. The highest BCUT2D eigenvalue weighted by Crippen LogP contribution is 2.32. The summed E-state index contributed by atoms with van der Waals surface area (Å²) < 4.78 is 11.0. The lowest BCUT2D eigenvalue weighted by Gasteiger charge is -2.21. The molecule has 3 rings (SSSR count). The third-order valence-electron chi connectivity index (χ3n) is 4.46. The first-order chi connectivity index (χ1) is 14.4. The highest BCUT2D eigenvalue weighted by atomic mass is 16.6. The highest BCUT2D eigenvalue weighted by molar-refractivity contribution is 5.96. The van der Waals surface area contributed by atoms with Crippen molar-refractivity contribution in [3.8, 4) is 11.5 Å². The topological polar surface area (TPSA) is 123 Å². The lowest BCUT2D eigenvalue weighted by molar-refractivity contribution is -0.119. The van der Waals surface area contributed by atoms with Crippen molar-refractivity contribution >= 4 is 29.1 Å². The van der Waals surface area contributed by atoms with Crippen LogP contribution in [0, 0.1) is 0 Å². The van der Waals surface area contributed by atoms with E-state index < -0.39 is 5.91 Å². The Kier molecular flexibility index (Phi) is 6.87. The largest absolute Gasteiger partial charge is 0.486 e. The van der Waals surface area contributed by atoms with Gasteiger partial charge in [-0.25, -0.2) is 0 Å². The van der Waals surface area contributed by atoms with Gasteiger partial charge in [-0.3, -0.25) is 19.3 Å². The van der Waals surface area contributed by atoms with E-state index in [1.165, 1.54) is 12.1 Å². The minimum Gasteiger partial charge on any atom is -0.486 e. The number of rotatable bonds is 8. The van der Waals surface area contributed by atoms with Crippen LogP contribution in [0.25, 0.3) is 0 Å². The van der Waals surface area contributed by atoms with Gasteiger partial charge in [0.1, 0.15) is 13.2 Å². The van der Waals surface area contributed by atoms with E-state index in [4.69, 9.17) is 15.2 Å². The Morgan fingerprint density at radius 2 is 1.47 bits per heavy atom. The molecule has 1 aliphatic rings. The van der Waals surface area contributed by atoms with E-state index >= 15 is 0 Å². The van der Waals surface area contributed by atoms with Crippen molar-refractivity contribution in [1.29, 1.82) is 0 Å². The number of nitrogens with zero attached hydrogens (tertiary/aromatic N) is 1. The number of primary amides is 1. The molecule has 0 fully saturated rings. The number of carbonyl (C=O) groups is 3. The Labute approximate surface area is 174 Å². The van der Waals surface area contributed by atoms with E-state index in [0.717, 1.165) is 0 Å². The van der Waals surface area contributed by atoms with Crippen molar-refractivity contribution in [2.45, 2.75) is 6.92 Å². The van der Waals surface area contributed by atoms with Crippen LogP contribution in [0.15, 0.2) is 42.5 Å². The van der Waals surface area contributed by atoms with Gasteiger partial charge in [-0.1, -0.05) is 6.92 Å². The molecule has 9 heteroatoms. The molecule has 1 heterocycles. The van der Waals surface area contributed by atoms with Crippen LogP contribution in [-0.2, 0) is 9.59 Å². The van der Waals surface area contributed by atoms with Gasteiger partial charge >= 0.3 is 0 Å². The summed E-state index contributed by atoms with van der Waals surface area (Å²) >= 11 is 0. The van der Waals surface area contributed by atoms with Crippen LogP contribution in [0.1, 0.15) is 17.3 Å². The maximum Gasteiger partial charge on any atom is 0.248 e. The first kappa shape index (κ1) is 21.1. The van der Waals surface area contributed by atoms with E-state index in [9.17, 15) is 14.4 Å². The second-order valence-corrected chi connectivity index (χ2v) is 6.70. The molecule has 158 valence electrons. The molecule has 0 spiro atoms. The third-order valence-corrected chi connectivity index (χ3v) is 4.46. The number of fused-ring (bicyclic) bond motifs is 1. The van der Waals surface area contributed by atoms with Crippen LogP contribution in [0.2, 0.25) is 0 Å². The van der Waals surface area contributed by atoms with Crippen LogP contribution < -0.4 is 25.8 Å². The van der Waals surface area contributed by atoms with Crippen molar-refractivity contribution in [3.05, 3.63) is 48.0 Å². The van der Waals surface area contributed by atoms with E-state index in [2.05, 4.69) is 10.6 Å². The summed E-state index contributed by atoms with van der Waals surface area (Å²) in [5.74, 6) is 0.195. The fraction of sp³-hybridized carbons (Fsp3) is 0.286. The number of likely N-dealkylation sites (N-methyl/N-ethyl adjacent to an activating group) is 1. The number of anilines is 2. The number of carbonyl (C=O) groups excluding carboxylic acids is 3. The van der Waals surface area contributed by atoms with Crippen LogP contribution >= 0.6 is 0 Å². The molecular weight excluding hydrogens is 388 g/mol. The Balaban J connectivity index is 1.51. The van der Waals surface area contributed by atoms with Gasteiger partial charge in [0.2, 0.25) is 17.7 Å². The number of hydrogen-bond donors (Lipinski definition) is 3. The molecule has 9 nitrogen and oxygen atoms in total. The quantitative estimate of drug-likeness (QED) is 0.603. The van der Waals surface area contributed by atoms with Gasteiger partial charge in [0.15, 0.2) is 11.5 Å². The van der Waals surface area contributed by atoms with Crippen molar-refractivity contribution in [1.82, 2.24) is 4.90 Å². The Bertz CT molecular complexity index is 929. The summed E-state index contributed by atoms with van der Waals surface area (Å²) in [5.41, 5.74) is 6.70. The van der Waals surface area contributed by atoms with Crippen molar-refractivity contribution in [2.24, 2.45) is 5.73 Å². The smallest absolute Gasteiger partial charge is 0.248 e. The maximum absolute atomic E-state index is 12.4. The lowest BCUT2D eigenvalue weighted by Crippen LogP contribution is -2.38. The zero-order valence-electron chi connectivity index (χ0n) is 16.6. The summed E-state index contributed by atoms with van der Waals surface area (Å²) in [6.07, 6.45) is 0.